The van der Waals surface area contributed by atoms with Crippen LogP contribution < -0.4 is 0 Å². The van der Waals surface area contributed by atoms with E-state index in [0.717, 1.165) is 11.3 Å². The second kappa shape index (κ2) is 2.58. The summed E-state index contributed by atoms with van der Waals surface area (Å²) < 4.78 is 2.13. The van der Waals surface area contributed by atoms with E-state index in [0.29, 0.717) is 0 Å². The standard InChI is InChI=1S/C12H10N2/c1-9-8-14-11-5-3-2-4-10(11)6-7-12(14)13-9/h2-8H,1H3. The summed E-state index contributed by atoms with van der Waals surface area (Å²) in [5, 5.41) is 1.25. The van der Waals surface area contributed by atoms with Gasteiger partial charge in [0.1, 0.15) is 5.65 Å². The Morgan fingerprint density at radius 1 is 1.07 bits per heavy atom. The number of nitrogens with zero attached hydrogens (tertiary/aromatic N) is 2. The topological polar surface area (TPSA) is 17.3 Å². The van der Waals surface area contributed by atoms with Crippen LogP contribution in [0.1, 0.15) is 5.69 Å². The summed E-state index contributed by atoms with van der Waals surface area (Å²) >= 11 is 0. The van der Waals surface area contributed by atoms with Crippen molar-refractivity contribution in [3.8, 4) is 0 Å². The van der Waals surface area contributed by atoms with Crippen molar-refractivity contribution in [2.75, 3.05) is 0 Å². The molecule has 14 heavy (non-hydrogen) atoms. The molecule has 0 amide bonds. The smallest absolute Gasteiger partial charge is 0.137 e. The van der Waals surface area contributed by atoms with Crippen LogP contribution in [-0.4, -0.2) is 9.38 Å². The molecule has 0 atom stereocenters. The summed E-state index contributed by atoms with van der Waals surface area (Å²) in [4.78, 5) is 4.43. The second-order valence-electron chi connectivity index (χ2n) is 3.50. The van der Waals surface area contributed by atoms with Gasteiger partial charge in [-0.1, -0.05) is 18.2 Å². The Labute approximate surface area is 81.8 Å². The van der Waals surface area contributed by atoms with Gasteiger partial charge < -0.3 is 0 Å². The molecule has 0 fully saturated rings. The number of fused-ring (bicyclic) bond motifs is 3. The number of hydrogen-bond acceptors (Lipinski definition) is 1. The quantitative estimate of drug-likeness (QED) is 0.522. The van der Waals surface area contributed by atoms with Crippen LogP contribution in [0.2, 0.25) is 0 Å². The average molecular weight is 182 g/mol. The monoisotopic (exact) mass is 182 g/mol. The van der Waals surface area contributed by atoms with Gasteiger partial charge in [-0.05, 0) is 30.5 Å². The van der Waals surface area contributed by atoms with Crippen LogP contribution in [0.4, 0.5) is 0 Å². The highest BCUT2D eigenvalue weighted by molar-refractivity contribution is 5.81. The van der Waals surface area contributed by atoms with Crippen LogP contribution in [0.25, 0.3) is 16.6 Å². The van der Waals surface area contributed by atoms with Crippen molar-refractivity contribution < 1.29 is 0 Å². The van der Waals surface area contributed by atoms with Crippen molar-refractivity contribution in [1.82, 2.24) is 9.38 Å². The average Bonchev–Trinajstić information content (AvgIpc) is 2.59. The molecule has 68 valence electrons. The van der Waals surface area contributed by atoms with Crippen LogP contribution in [0.5, 0.6) is 0 Å². The van der Waals surface area contributed by atoms with Gasteiger partial charge in [-0.15, -0.1) is 0 Å². The number of imidazole rings is 1. The van der Waals surface area contributed by atoms with E-state index in [1.165, 1.54) is 10.9 Å². The Morgan fingerprint density at radius 2 is 1.93 bits per heavy atom. The number of aryl methyl sites for hydroxylation is 1. The lowest BCUT2D eigenvalue weighted by Crippen LogP contribution is -1.85. The van der Waals surface area contributed by atoms with Crippen LogP contribution in [0.15, 0.2) is 42.6 Å². The third-order valence-corrected chi connectivity index (χ3v) is 2.46. The maximum absolute atomic E-state index is 4.43. The van der Waals surface area contributed by atoms with E-state index in [1.54, 1.807) is 0 Å². The summed E-state index contributed by atoms with van der Waals surface area (Å²) in [6.07, 6.45) is 2.07. The summed E-state index contributed by atoms with van der Waals surface area (Å²) in [5.74, 6) is 0. The van der Waals surface area contributed by atoms with Gasteiger partial charge in [0.05, 0.1) is 11.2 Å². The fourth-order valence-electron chi connectivity index (χ4n) is 1.84. The summed E-state index contributed by atoms with van der Waals surface area (Å²) in [6.45, 7) is 2.02. The molecule has 0 N–H and O–H groups in total. The van der Waals surface area contributed by atoms with E-state index in [-0.39, 0.29) is 0 Å². The molecule has 3 aromatic rings. The molecule has 0 unspecified atom stereocenters. The lowest BCUT2D eigenvalue weighted by atomic mass is 10.2. The summed E-state index contributed by atoms with van der Waals surface area (Å²) in [7, 11) is 0. The molecule has 0 saturated carbocycles. The van der Waals surface area contributed by atoms with Gasteiger partial charge in [0, 0.05) is 6.20 Å². The van der Waals surface area contributed by atoms with Crippen molar-refractivity contribution in [3.05, 3.63) is 48.3 Å². The molecule has 1 aromatic carbocycles. The Morgan fingerprint density at radius 3 is 2.86 bits per heavy atom. The van der Waals surface area contributed by atoms with Crippen LogP contribution in [0, 0.1) is 6.92 Å². The molecule has 2 aromatic heterocycles. The maximum Gasteiger partial charge on any atom is 0.137 e. The molecule has 2 nitrogen and oxygen atoms in total. The van der Waals surface area contributed by atoms with Crippen LogP contribution in [0.3, 0.4) is 0 Å². The fourth-order valence-corrected chi connectivity index (χ4v) is 1.84. The van der Waals surface area contributed by atoms with E-state index in [4.69, 9.17) is 0 Å². The highest BCUT2D eigenvalue weighted by atomic mass is 15.0. The first-order valence-electron chi connectivity index (χ1n) is 4.68. The van der Waals surface area contributed by atoms with E-state index in [9.17, 15) is 0 Å². The Bertz CT molecular complexity index is 608. The third kappa shape index (κ3) is 0.940. The van der Waals surface area contributed by atoms with Crippen LogP contribution in [-0.2, 0) is 0 Å². The minimum atomic E-state index is 1.02. The van der Waals surface area contributed by atoms with Gasteiger partial charge in [0.2, 0.25) is 0 Å². The van der Waals surface area contributed by atoms with E-state index in [2.05, 4.69) is 52.0 Å². The Balaban J connectivity index is 2.60. The molecular formula is C12H10N2. The van der Waals surface area contributed by atoms with Gasteiger partial charge in [-0.25, -0.2) is 4.98 Å². The van der Waals surface area contributed by atoms with E-state index in [1.807, 2.05) is 6.92 Å². The van der Waals surface area contributed by atoms with Crippen molar-refractivity contribution in [2.24, 2.45) is 0 Å². The SMILES string of the molecule is Cc1cn2c(ccc3ccccc32)n1. The number of pyridine rings is 1. The number of para-hydroxylation sites is 1. The van der Waals surface area contributed by atoms with E-state index >= 15 is 0 Å². The molecule has 0 aliphatic heterocycles. The Hall–Kier alpha value is -1.83. The number of aromatic nitrogens is 2. The molecule has 0 bridgehead atoms. The molecule has 0 spiro atoms. The first kappa shape index (κ1) is 7.56. The molecule has 0 radical (unpaired) electrons. The van der Waals surface area contributed by atoms with Gasteiger partial charge in [0.15, 0.2) is 0 Å². The first-order chi connectivity index (χ1) is 6.84. The van der Waals surface area contributed by atoms with E-state index < -0.39 is 0 Å². The fraction of sp³-hybridized carbons (Fsp3) is 0.0833. The number of rotatable bonds is 0. The zero-order valence-electron chi connectivity index (χ0n) is 7.94. The molecule has 0 aliphatic rings. The molecule has 2 heterocycles. The number of hydrogen-bond donors (Lipinski definition) is 0. The molecule has 2 heteroatoms. The normalized spacial score (nSPS) is 11.2. The van der Waals surface area contributed by atoms with Crippen LogP contribution >= 0.6 is 0 Å². The molecular weight excluding hydrogens is 172 g/mol. The largest absolute Gasteiger partial charge is 0.299 e. The first-order valence-corrected chi connectivity index (χ1v) is 4.68. The highest BCUT2D eigenvalue weighted by Gasteiger charge is 2.00. The molecule has 0 saturated heterocycles. The zero-order chi connectivity index (χ0) is 9.54. The minimum absolute atomic E-state index is 1.02. The number of benzene rings is 1. The molecule has 3 rings (SSSR count). The van der Waals surface area contributed by atoms with Crippen molar-refractivity contribution in [2.45, 2.75) is 6.92 Å². The Kier molecular flexibility index (Phi) is 1.39. The highest BCUT2D eigenvalue weighted by Crippen LogP contribution is 2.16. The van der Waals surface area contributed by atoms with Gasteiger partial charge in [0.25, 0.3) is 0 Å². The minimum Gasteiger partial charge on any atom is -0.299 e. The van der Waals surface area contributed by atoms with Crippen molar-refractivity contribution in [3.63, 3.8) is 0 Å². The second-order valence-corrected chi connectivity index (χ2v) is 3.50. The predicted molar refractivity (Wildman–Crippen MR) is 57.4 cm³/mol. The zero-order valence-corrected chi connectivity index (χ0v) is 7.94. The maximum atomic E-state index is 4.43. The lowest BCUT2D eigenvalue weighted by molar-refractivity contribution is 1.25. The van der Waals surface area contributed by atoms with Gasteiger partial charge >= 0.3 is 0 Å². The van der Waals surface area contributed by atoms with Crippen molar-refractivity contribution >= 4 is 16.6 Å². The summed E-state index contributed by atoms with van der Waals surface area (Å²) in [6, 6.07) is 12.5. The third-order valence-electron chi connectivity index (χ3n) is 2.46. The van der Waals surface area contributed by atoms with Crippen molar-refractivity contribution in [1.29, 1.82) is 0 Å². The summed E-state index contributed by atoms with van der Waals surface area (Å²) in [5.41, 5.74) is 3.29. The lowest BCUT2D eigenvalue weighted by Gasteiger charge is -1.99. The predicted octanol–water partition coefficient (Wildman–Crippen LogP) is 2.80. The molecule has 0 aliphatic carbocycles. The van der Waals surface area contributed by atoms with Gasteiger partial charge in [-0.2, -0.15) is 0 Å². The van der Waals surface area contributed by atoms with Gasteiger partial charge in [-0.3, -0.25) is 4.40 Å².